The number of hydrogen-bond acceptors (Lipinski definition) is 4. The third-order valence-electron chi connectivity index (χ3n) is 15.9. The quantitative estimate of drug-likeness (QED) is 0.0361. The Labute approximate surface area is 446 Å². The highest BCUT2D eigenvalue weighted by Crippen LogP contribution is 2.19. The van der Waals surface area contributed by atoms with E-state index in [0.29, 0.717) is 12.8 Å². The van der Waals surface area contributed by atoms with Crippen molar-refractivity contribution < 1.29 is 20.1 Å². The summed E-state index contributed by atoms with van der Waals surface area (Å²) in [6.07, 6.45) is 78.4. The number of aliphatic hydroxyl groups excluding tert-OH is 3. The number of nitrogens with one attached hydrogen (secondary N) is 1. The maximum Gasteiger partial charge on any atom is 0.220 e. The number of hydrogen-bond donors (Lipinski definition) is 4. The largest absolute Gasteiger partial charge is 0.394 e. The predicted octanol–water partition coefficient (Wildman–Crippen LogP) is 21.0. The summed E-state index contributed by atoms with van der Waals surface area (Å²) >= 11 is 0. The van der Waals surface area contributed by atoms with Gasteiger partial charge in [-0.25, -0.2) is 0 Å². The van der Waals surface area contributed by atoms with Crippen LogP contribution in [0.25, 0.3) is 0 Å². The second kappa shape index (κ2) is 61.6. The van der Waals surface area contributed by atoms with Crippen LogP contribution in [0.15, 0.2) is 12.2 Å². The molecule has 0 aromatic carbocycles. The fourth-order valence-electron chi connectivity index (χ4n) is 10.8. The van der Waals surface area contributed by atoms with E-state index < -0.39 is 18.2 Å². The number of carbonyl (C=O) groups is 1. The zero-order valence-corrected chi connectivity index (χ0v) is 48.6. The molecule has 0 saturated heterocycles. The normalized spacial score (nSPS) is 13.1. The van der Waals surface area contributed by atoms with Gasteiger partial charge in [0.05, 0.1) is 18.8 Å². The molecule has 0 aliphatic rings. The van der Waals surface area contributed by atoms with Gasteiger partial charge < -0.3 is 20.6 Å². The second-order valence-electron chi connectivity index (χ2n) is 23.0. The maximum absolute atomic E-state index is 12.6. The van der Waals surface area contributed by atoms with E-state index in [9.17, 15) is 20.1 Å². The van der Waals surface area contributed by atoms with Gasteiger partial charge in [0, 0.05) is 6.42 Å². The van der Waals surface area contributed by atoms with Gasteiger partial charge in [-0.1, -0.05) is 347 Å². The Morgan fingerprint density at radius 1 is 0.338 bits per heavy atom. The van der Waals surface area contributed by atoms with Gasteiger partial charge in [0.1, 0.15) is 6.10 Å². The summed E-state index contributed by atoms with van der Waals surface area (Å²) < 4.78 is 0. The minimum absolute atomic E-state index is 0.136. The SMILES string of the molecule is CCCCCCCCCCCCCCCC/C=C\CCCCCCCCCCCCCCCCCCCC(=O)NC(CO)C(O)C(O)CCCCCCCCCCCCCCCCCCCCCCCC. The van der Waals surface area contributed by atoms with E-state index in [4.69, 9.17) is 0 Å². The molecule has 3 atom stereocenters. The van der Waals surface area contributed by atoms with Crippen LogP contribution in [0.5, 0.6) is 0 Å². The smallest absolute Gasteiger partial charge is 0.220 e. The van der Waals surface area contributed by atoms with Crippen molar-refractivity contribution in [2.45, 2.75) is 398 Å². The highest BCUT2D eigenvalue weighted by atomic mass is 16.3. The Hall–Kier alpha value is -0.910. The summed E-state index contributed by atoms with van der Waals surface area (Å²) in [5.74, 6) is -0.136. The van der Waals surface area contributed by atoms with Crippen molar-refractivity contribution in [3.63, 3.8) is 0 Å². The number of aliphatic hydroxyl groups is 3. The molecule has 4 N–H and O–H groups in total. The van der Waals surface area contributed by atoms with Crippen molar-refractivity contribution in [2.75, 3.05) is 6.61 Å². The molecule has 0 radical (unpaired) electrons. The molecule has 5 heteroatoms. The zero-order chi connectivity index (χ0) is 51.4. The molecule has 0 spiro atoms. The van der Waals surface area contributed by atoms with Crippen molar-refractivity contribution >= 4 is 5.91 Å². The zero-order valence-electron chi connectivity index (χ0n) is 48.6. The molecule has 0 rings (SSSR count). The van der Waals surface area contributed by atoms with Crippen molar-refractivity contribution in [3.8, 4) is 0 Å². The lowest BCUT2D eigenvalue weighted by Gasteiger charge is -2.26. The van der Waals surface area contributed by atoms with Gasteiger partial charge >= 0.3 is 0 Å². The summed E-state index contributed by atoms with van der Waals surface area (Å²) in [4.78, 5) is 12.6. The first-order valence-corrected chi connectivity index (χ1v) is 33.0. The van der Waals surface area contributed by atoms with Gasteiger partial charge in [0.15, 0.2) is 0 Å². The molecule has 5 nitrogen and oxygen atoms in total. The van der Waals surface area contributed by atoms with Crippen LogP contribution in [-0.2, 0) is 4.79 Å². The van der Waals surface area contributed by atoms with Crippen LogP contribution >= 0.6 is 0 Å². The summed E-state index contributed by atoms with van der Waals surface area (Å²) in [5.41, 5.74) is 0. The molecule has 0 aromatic rings. The monoisotopic (exact) mass is 1000 g/mol. The van der Waals surface area contributed by atoms with Crippen molar-refractivity contribution in [1.82, 2.24) is 5.32 Å². The molecule has 0 heterocycles. The van der Waals surface area contributed by atoms with Crippen LogP contribution < -0.4 is 5.32 Å². The Morgan fingerprint density at radius 3 is 0.817 bits per heavy atom. The van der Waals surface area contributed by atoms with Crippen LogP contribution in [-0.4, -0.2) is 46.1 Å². The van der Waals surface area contributed by atoms with Gasteiger partial charge in [-0.15, -0.1) is 0 Å². The molecule has 1 amide bonds. The Bertz CT molecular complexity index is 1020. The first-order valence-electron chi connectivity index (χ1n) is 33.0. The highest BCUT2D eigenvalue weighted by molar-refractivity contribution is 5.76. The van der Waals surface area contributed by atoms with Crippen LogP contribution in [0.4, 0.5) is 0 Å². The number of unbranched alkanes of at least 4 members (excludes halogenated alkanes) is 52. The molecule has 3 unspecified atom stereocenters. The van der Waals surface area contributed by atoms with E-state index in [1.54, 1.807) is 0 Å². The number of rotatable bonds is 62. The third-order valence-corrected chi connectivity index (χ3v) is 15.9. The van der Waals surface area contributed by atoms with Crippen molar-refractivity contribution in [2.24, 2.45) is 0 Å². The Balaban J connectivity index is 3.45. The average Bonchev–Trinajstić information content (AvgIpc) is 3.37. The topological polar surface area (TPSA) is 89.8 Å². The molecule has 424 valence electrons. The van der Waals surface area contributed by atoms with Crippen LogP contribution in [0, 0.1) is 0 Å². The van der Waals surface area contributed by atoms with Crippen molar-refractivity contribution in [1.29, 1.82) is 0 Å². The second-order valence-corrected chi connectivity index (χ2v) is 23.0. The molecule has 0 aromatic heterocycles. The van der Waals surface area contributed by atoms with Gasteiger partial charge in [0.25, 0.3) is 0 Å². The number of amides is 1. The Kier molecular flexibility index (Phi) is 60.8. The summed E-state index contributed by atoms with van der Waals surface area (Å²) in [7, 11) is 0. The summed E-state index contributed by atoms with van der Waals surface area (Å²) in [5, 5.41) is 33.9. The summed E-state index contributed by atoms with van der Waals surface area (Å²) in [6, 6.07) is -0.807. The van der Waals surface area contributed by atoms with E-state index in [1.165, 1.54) is 321 Å². The lowest BCUT2D eigenvalue weighted by molar-refractivity contribution is -0.124. The fourth-order valence-corrected chi connectivity index (χ4v) is 10.8. The average molecular weight is 1000 g/mol. The molecule has 0 aliphatic carbocycles. The molecule has 0 aliphatic heterocycles. The standard InChI is InChI=1S/C66H131NO4/c1-3-5-7-9-11-13-15-17-19-21-23-25-27-28-29-30-31-32-33-34-35-36-37-38-39-41-43-45-47-49-51-53-55-57-59-61-65(70)67-63(62-68)66(71)64(69)60-58-56-54-52-50-48-46-44-42-40-26-24-22-20-18-16-14-12-10-8-6-4-2/h30-31,63-64,66,68-69,71H,3-29,32-62H2,1-2H3,(H,67,70)/b31-30-. The Morgan fingerprint density at radius 2 is 0.563 bits per heavy atom. The molecule has 0 bridgehead atoms. The third kappa shape index (κ3) is 56.7. The molecule has 0 saturated carbocycles. The van der Waals surface area contributed by atoms with Gasteiger partial charge in [-0.3, -0.25) is 4.79 Å². The van der Waals surface area contributed by atoms with Crippen LogP contribution in [0.2, 0.25) is 0 Å². The highest BCUT2D eigenvalue weighted by Gasteiger charge is 2.26. The molecule has 0 fully saturated rings. The minimum atomic E-state index is -1.13. The van der Waals surface area contributed by atoms with Crippen molar-refractivity contribution in [3.05, 3.63) is 12.2 Å². The first kappa shape index (κ1) is 70.1. The van der Waals surface area contributed by atoms with Crippen LogP contribution in [0.1, 0.15) is 380 Å². The van der Waals surface area contributed by atoms with Gasteiger partial charge in [-0.2, -0.15) is 0 Å². The van der Waals surface area contributed by atoms with Gasteiger partial charge in [-0.05, 0) is 38.5 Å². The van der Waals surface area contributed by atoms with E-state index in [1.807, 2.05) is 0 Å². The fraction of sp³-hybridized carbons (Fsp3) is 0.955. The number of carbonyl (C=O) groups excluding carboxylic acids is 1. The maximum atomic E-state index is 12.6. The van der Waals surface area contributed by atoms with Crippen LogP contribution in [0.3, 0.4) is 0 Å². The first-order chi connectivity index (χ1) is 35.1. The van der Waals surface area contributed by atoms with E-state index in [0.717, 1.165) is 32.1 Å². The minimum Gasteiger partial charge on any atom is -0.394 e. The lowest BCUT2D eigenvalue weighted by Crippen LogP contribution is -2.50. The van der Waals surface area contributed by atoms with E-state index >= 15 is 0 Å². The molecule has 71 heavy (non-hydrogen) atoms. The molecular weight excluding hydrogens is 871 g/mol. The van der Waals surface area contributed by atoms with E-state index in [-0.39, 0.29) is 12.5 Å². The predicted molar refractivity (Wildman–Crippen MR) is 315 cm³/mol. The van der Waals surface area contributed by atoms with Gasteiger partial charge in [0.2, 0.25) is 5.91 Å². The van der Waals surface area contributed by atoms with E-state index in [2.05, 4.69) is 31.3 Å². The number of allylic oxidation sites excluding steroid dienone is 2. The lowest BCUT2D eigenvalue weighted by atomic mass is 9.99. The summed E-state index contributed by atoms with van der Waals surface area (Å²) in [6.45, 7) is 4.23. The molecular formula is C66H131NO4.